The average Bonchev–Trinajstić information content (AvgIpc) is 2.65. The van der Waals surface area contributed by atoms with Gasteiger partial charge in [0.25, 0.3) is 6.43 Å². The van der Waals surface area contributed by atoms with Crippen LogP contribution in [0, 0.1) is 6.92 Å². The van der Waals surface area contributed by atoms with Crippen molar-refractivity contribution in [3.63, 3.8) is 0 Å². The molecule has 2 heterocycles. The Morgan fingerprint density at radius 3 is 3.00 bits per heavy atom. The third-order valence-electron chi connectivity index (χ3n) is 2.19. The number of hydrogen-bond donors (Lipinski definition) is 2. The van der Waals surface area contributed by atoms with Crippen molar-refractivity contribution in [1.29, 1.82) is 0 Å². The third-order valence-corrected chi connectivity index (χ3v) is 2.56. The normalized spacial score (nSPS) is 11.3. The second-order valence-corrected chi connectivity index (χ2v) is 3.63. The fourth-order valence-electron chi connectivity index (χ4n) is 1.42. The van der Waals surface area contributed by atoms with Gasteiger partial charge in [-0.3, -0.25) is 0 Å². The molecule has 2 N–H and O–H groups in total. The molecule has 7 heteroatoms. The highest BCUT2D eigenvalue weighted by Gasteiger charge is 2.13. The Bertz CT molecular complexity index is 511. The molecule has 0 spiro atoms. The summed E-state index contributed by atoms with van der Waals surface area (Å²) < 4.78 is 24.3. The molecule has 0 atom stereocenters. The van der Waals surface area contributed by atoms with Gasteiger partial charge in [-0.2, -0.15) is 0 Å². The summed E-state index contributed by atoms with van der Waals surface area (Å²) in [4.78, 5) is 10.8. The van der Waals surface area contributed by atoms with Crippen LogP contribution in [0.1, 0.15) is 5.56 Å². The summed E-state index contributed by atoms with van der Waals surface area (Å²) in [5.74, 6) is 0. The zero-order valence-corrected chi connectivity index (χ0v) is 9.15. The number of anilines is 1. The van der Waals surface area contributed by atoms with E-state index in [1.54, 1.807) is 6.92 Å². The monoisotopic (exact) mass is 246 g/mol. The Labute approximate surface area is 95.0 Å². The Balaban J connectivity index is 2.47. The van der Waals surface area contributed by atoms with Gasteiger partial charge < -0.3 is 10.3 Å². The summed E-state index contributed by atoms with van der Waals surface area (Å²) in [6.45, 7) is 1.28. The molecule has 0 saturated carbocycles. The van der Waals surface area contributed by atoms with Crippen LogP contribution in [0.15, 0.2) is 6.33 Å². The van der Waals surface area contributed by atoms with E-state index in [4.69, 9.17) is 11.6 Å². The van der Waals surface area contributed by atoms with Crippen molar-refractivity contribution in [2.24, 2.45) is 0 Å². The second kappa shape index (κ2) is 4.21. The molecule has 0 saturated heterocycles. The van der Waals surface area contributed by atoms with E-state index in [0.29, 0.717) is 22.4 Å². The molecule has 0 bridgehead atoms. The zero-order valence-electron chi connectivity index (χ0n) is 8.39. The fourth-order valence-corrected chi connectivity index (χ4v) is 1.60. The molecule has 0 aromatic carbocycles. The van der Waals surface area contributed by atoms with Gasteiger partial charge in [-0.15, -0.1) is 0 Å². The molecular weight excluding hydrogens is 238 g/mol. The number of rotatable bonds is 3. The van der Waals surface area contributed by atoms with E-state index in [2.05, 4.69) is 20.3 Å². The standard InChI is InChI=1S/C9H9ClF2N4/c1-4-6(13-2-5(11)12)7-9(15-3-14-7)16-8(4)10/h3,5H,2H2,1H3,(H2,13,14,15,16). The van der Waals surface area contributed by atoms with Crippen LogP contribution < -0.4 is 5.32 Å². The molecule has 2 aromatic heterocycles. The third kappa shape index (κ3) is 1.92. The van der Waals surface area contributed by atoms with Crippen LogP contribution in [0.2, 0.25) is 5.15 Å². The highest BCUT2D eigenvalue weighted by atomic mass is 35.5. The van der Waals surface area contributed by atoms with Crippen molar-refractivity contribution >= 4 is 28.5 Å². The van der Waals surface area contributed by atoms with Crippen molar-refractivity contribution in [3.05, 3.63) is 17.0 Å². The summed E-state index contributed by atoms with van der Waals surface area (Å²) in [6, 6.07) is 0. The zero-order chi connectivity index (χ0) is 11.7. The first kappa shape index (κ1) is 11.1. The lowest BCUT2D eigenvalue weighted by atomic mass is 10.2. The fraction of sp³-hybridized carbons (Fsp3) is 0.333. The maximum atomic E-state index is 12.1. The summed E-state index contributed by atoms with van der Waals surface area (Å²) in [5.41, 5.74) is 2.14. The summed E-state index contributed by atoms with van der Waals surface area (Å²) >= 11 is 5.87. The van der Waals surface area contributed by atoms with E-state index < -0.39 is 13.0 Å². The Hall–Kier alpha value is -1.43. The number of nitrogens with zero attached hydrogens (tertiary/aromatic N) is 2. The smallest absolute Gasteiger partial charge is 0.255 e. The molecule has 0 unspecified atom stereocenters. The molecular formula is C9H9ClF2N4. The van der Waals surface area contributed by atoms with E-state index in [-0.39, 0.29) is 5.15 Å². The molecule has 16 heavy (non-hydrogen) atoms. The quantitative estimate of drug-likeness (QED) is 0.819. The number of fused-ring (bicyclic) bond motifs is 1. The van der Waals surface area contributed by atoms with E-state index in [1.807, 2.05) is 0 Å². The molecule has 86 valence electrons. The average molecular weight is 247 g/mol. The molecule has 2 rings (SSSR count). The highest BCUT2D eigenvalue weighted by Crippen LogP contribution is 2.28. The van der Waals surface area contributed by atoms with Crippen LogP contribution in [-0.2, 0) is 0 Å². The van der Waals surface area contributed by atoms with Crippen molar-refractivity contribution in [1.82, 2.24) is 15.0 Å². The number of aromatic nitrogens is 3. The number of H-pyrrole nitrogens is 1. The van der Waals surface area contributed by atoms with Gasteiger partial charge in [-0.05, 0) is 6.92 Å². The van der Waals surface area contributed by atoms with Crippen molar-refractivity contribution in [3.8, 4) is 0 Å². The maximum Gasteiger partial charge on any atom is 0.255 e. The largest absolute Gasteiger partial charge is 0.377 e. The number of alkyl halides is 2. The van der Waals surface area contributed by atoms with Gasteiger partial charge in [0.1, 0.15) is 10.7 Å². The minimum atomic E-state index is -2.43. The van der Waals surface area contributed by atoms with Crippen LogP contribution in [0.4, 0.5) is 14.5 Å². The summed E-state index contributed by atoms with van der Waals surface area (Å²) in [6.07, 6.45) is -0.981. The van der Waals surface area contributed by atoms with Gasteiger partial charge in [-0.1, -0.05) is 11.6 Å². The predicted octanol–water partition coefficient (Wildman–Crippen LogP) is 2.60. The highest BCUT2D eigenvalue weighted by molar-refractivity contribution is 6.31. The number of nitrogens with one attached hydrogen (secondary N) is 2. The van der Waals surface area contributed by atoms with E-state index >= 15 is 0 Å². The molecule has 0 fully saturated rings. The van der Waals surface area contributed by atoms with Gasteiger partial charge in [0.05, 0.1) is 18.6 Å². The minimum Gasteiger partial charge on any atom is -0.377 e. The number of halogens is 3. The molecule has 4 nitrogen and oxygen atoms in total. The lowest BCUT2D eigenvalue weighted by Gasteiger charge is -2.10. The van der Waals surface area contributed by atoms with E-state index in [0.717, 1.165) is 0 Å². The first-order valence-electron chi connectivity index (χ1n) is 4.60. The predicted molar refractivity (Wildman–Crippen MR) is 58.1 cm³/mol. The first-order valence-corrected chi connectivity index (χ1v) is 4.98. The topological polar surface area (TPSA) is 53.6 Å². The lowest BCUT2D eigenvalue weighted by molar-refractivity contribution is 0.163. The first-order chi connectivity index (χ1) is 7.59. The summed E-state index contributed by atoms with van der Waals surface area (Å²) in [7, 11) is 0. The van der Waals surface area contributed by atoms with Gasteiger partial charge in [0.2, 0.25) is 0 Å². The van der Waals surface area contributed by atoms with Crippen LogP contribution in [0.3, 0.4) is 0 Å². The molecule has 0 aliphatic rings. The SMILES string of the molecule is Cc1c(Cl)nc2nc[nH]c2c1NCC(F)F. The Morgan fingerprint density at radius 2 is 2.31 bits per heavy atom. The maximum absolute atomic E-state index is 12.1. The van der Waals surface area contributed by atoms with Crippen LogP contribution in [-0.4, -0.2) is 27.9 Å². The van der Waals surface area contributed by atoms with Gasteiger partial charge in [0.15, 0.2) is 5.65 Å². The van der Waals surface area contributed by atoms with Crippen LogP contribution in [0.25, 0.3) is 11.2 Å². The molecule has 0 aliphatic carbocycles. The Morgan fingerprint density at radius 1 is 1.56 bits per heavy atom. The van der Waals surface area contributed by atoms with E-state index in [1.165, 1.54) is 6.33 Å². The van der Waals surface area contributed by atoms with Crippen molar-refractivity contribution in [2.75, 3.05) is 11.9 Å². The van der Waals surface area contributed by atoms with Crippen molar-refractivity contribution in [2.45, 2.75) is 13.3 Å². The van der Waals surface area contributed by atoms with Gasteiger partial charge in [0, 0.05) is 5.56 Å². The van der Waals surface area contributed by atoms with Crippen LogP contribution >= 0.6 is 11.6 Å². The van der Waals surface area contributed by atoms with Gasteiger partial charge in [-0.25, -0.2) is 18.7 Å². The van der Waals surface area contributed by atoms with Crippen LogP contribution in [0.5, 0.6) is 0 Å². The Kier molecular flexibility index (Phi) is 2.91. The number of aromatic amines is 1. The van der Waals surface area contributed by atoms with E-state index in [9.17, 15) is 8.78 Å². The molecule has 0 aliphatic heterocycles. The van der Waals surface area contributed by atoms with Gasteiger partial charge >= 0.3 is 0 Å². The minimum absolute atomic E-state index is 0.261. The number of imidazole rings is 1. The number of hydrogen-bond acceptors (Lipinski definition) is 3. The molecule has 0 radical (unpaired) electrons. The number of pyridine rings is 1. The molecule has 2 aromatic rings. The molecule has 0 amide bonds. The second-order valence-electron chi connectivity index (χ2n) is 3.28. The summed E-state index contributed by atoms with van der Waals surface area (Å²) in [5, 5.41) is 2.90. The lowest BCUT2D eigenvalue weighted by Crippen LogP contribution is -2.12. The van der Waals surface area contributed by atoms with Crippen molar-refractivity contribution < 1.29 is 8.78 Å².